The van der Waals surface area contributed by atoms with E-state index in [0.29, 0.717) is 15.8 Å². The predicted octanol–water partition coefficient (Wildman–Crippen LogP) is 3.02. The Hall–Kier alpha value is -0.610. The van der Waals surface area contributed by atoms with Crippen LogP contribution in [0.15, 0.2) is 16.6 Å². The predicted molar refractivity (Wildman–Crippen MR) is 60.6 cm³/mol. The number of hydrogen-bond acceptors (Lipinski definition) is 2. The van der Waals surface area contributed by atoms with Crippen LogP contribution in [-0.4, -0.2) is 13.7 Å². The van der Waals surface area contributed by atoms with E-state index in [0.717, 1.165) is 19.4 Å². The summed E-state index contributed by atoms with van der Waals surface area (Å²) in [6, 6.07) is 3.38. The minimum absolute atomic E-state index is 0.0908. The maximum absolute atomic E-state index is 13.8. The van der Waals surface area contributed by atoms with Gasteiger partial charge in [-0.3, -0.25) is 0 Å². The van der Waals surface area contributed by atoms with E-state index in [1.807, 2.05) is 0 Å². The molecule has 15 heavy (non-hydrogen) atoms. The molecule has 0 bridgehead atoms. The Bertz CT molecular complexity index is 364. The molecule has 0 amide bonds. The molecule has 1 aliphatic rings. The molecule has 1 unspecified atom stereocenters. The number of benzene rings is 1. The average molecular weight is 274 g/mol. The largest absolute Gasteiger partial charge is 0.496 e. The Labute approximate surface area is 96.9 Å². The van der Waals surface area contributed by atoms with Crippen LogP contribution in [0, 0.1) is 5.82 Å². The molecule has 2 rings (SSSR count). The number of ether oxygens (including phenoxy) is 1. The highest BCUT2D eigenvalue weighted by Crippen LogP contribution is 2.35. The van der Waals surface area contributed by atoms with Crippen LogP contribution in [0.5, 0.6) is 5.75 Å². The maximum Gasteiger partial charge on any atom is 0.132 e. The van der Waals surface area contributed by atoms with Crippen molar-refractivity contribution in [3.05, 3.63) is 28.0 Å². The summed E-state index contributed by atoms with van der Waals surface area (Å²) in [7, 11) is 1.57. The van der Waals surface area contributed by atoms with Crippen LogP contribution in [0.4, 0.5) is 4.39 Å². The van der Waals surface area contributed by atoms with Crippen molar-refractivity contribution in [2.24, 2.45) is 0 Å². The van der Waals surface area contributed by atoms with Crippen LogP contribution in [0.3, 0.4) is 0 Å². The van der Waals surface area contributed by atoms with Gasteiger partial charge in [-0.1, -0.05) is 15.9 Å². The van der Waals surface area contributed by atoms with Crippen molar-refractivity contribution in [1.82, 2.24) is 5.32 Å². The van der Waals surface area contributed by atoms with Crippen LogP contribution in [-0.2, 0) is 0 Å². The van der Waals surface area contributed by atoms with Crippen molar-refractivity contribution < 1.29 is 9.13 Å². The second-order valence-corrected chi connectivity index (χ2v) is 4.57. The highest BCUT2D eigenvalue weighted by Gasteiger charge is 2.23. The Morgan fingerprint density at radius 3 is 2.93 bits per heavy atom. The molecule has 2 nitrogen and oxygen atoms in total. The van der Waals surface area contributed by atoms with Crippen LogP contribution in [0.2, 0.25) is 0 Å². The summed E-state index contributed by atoms with van der Waals surface area (Å²) in [4.78, 5) is 0. The fraction of sp³-hybridized carbons (Fsp3) is 0.455. The van der Waals surface area contributed by atoms with Gasteiger partial charge >= 0.3 is 0 Å². The zero-order valence-electron chi connectivity index (χ0n) is 8.52. The molecule has 1 aromatic rings. The van der Waals surface area contributed by atoms with Crippen molar-refractivity contribution in [1.29, 1.82) is 0 Å². The van der Waals surface area contributed by atoms with Crippen LogP contribution in [0.1, 0.15) is 24.4 Å². The van der Waals surface area contributed by atoms with Gasteiger partial charge in [-0.2, -0.15) is 0 Å². The summed E-state index contributed by atoms with van der Waals surface area (Å²) in [6.07, 6.45) is 2.05. The van der Waals surface area contributed by atoms with E-state index in [2.05, 4.69) is 21.2 Å². The van der Waals surface area contributed by atoms with Gasteiger partial charge in [0.05, 0.1) is 7.11 Å². The molecule has 0 radical (unpaired) electrons. The van der Waals surface area contributed by atoms with E-state index < -0.39 is 0 Å². The molecule has 1 atom stereocenters. The normalized spacial score (nSPS) is 20.6. The standard InChI is InChI=1S/C11H13BrFNO/c1-15-10-6-7(12)5-8(13)11(10)9-3-2-4-14-9/h5-6,9,14H,2-4H2,1H3. The van der Waals surface area contributed by atoms with Gasteiger partial charge in [-0.25, -0.2) is 4.39 Å². The first kappa shape index (κ1) is 10.9. The third-order valence-electron chi connectivity index (χ3n) is 2.69. The summed E-state index contributed by atoms with van der Waals surface area (Å²) in [6.45, 7) is 0.948. The second kappa shape index (κ2) is 4.49. The monoisotopic (exact) mass is 273 g/mol. The minimum atomic E-state index is -0.208. The lowest BCUT2D eigenvalue weighted by Gasteiger charge is -2.16. The van der Waals surface area contributed by atoms with Crippen LogP contribution in [0.25, 0.3) is 0 Å². The molecule has 0 saturated carbocycles. The fourth-order valence-corrected chi connectivity index (χ4v) is 2.41. The van der Waals surface area contributed by atoms with Crippen molar-refractivity contribution in [2.45, 2.75) is 18.9 Å². The lowest BCUT2D eigenvalue weighted by Crippen LogP contribution is -2.15. The number of halogens is 2. The van der Waals surface area contributed by atoms with Crippen molar-refractivity contribution in [2.75, 3.05) is 13.7 Å². The lowest BCUT2D eigenvalue weighted by molar-refractivity contribution is 0.395. The SMILES string of the molecule is COc1cc(Br)cc(F)c1C1CCCN1. The molecular formula is C11H13BrFNO. The molecular weight excluding hydrogens is 261 g/mol. The zero-order chi connectivity index (χ0) is 10.8. The highest BCUT2D eigenvalue weighted by molar-refractivity contribution is 9.10. The Morgan fingerprint density at radius 2 is 2.33 bits per heavy atom. The first-order valence-electron chi connectivity index (χ1n) is 4.98. The van der Waals surface area contributed by atoms with E-state index >= 15 is 0 Å². The van der Waals surface area contributed by atoms with E-state index in [1.165, 1.54) is 6.07 Å². The summed E-state index contributed by atoms with van der Waals surface area (Å²) in [5.74, 6) is 0.405. The van der Waals surface area contributed by atoms with Gasteiger partial charge in [0.15, 0.2) is 0 Å². The summed E-state index contributed by atoms with van der Waals surface area (Å²) in [5.41, 5.74) is 0.651. The lowest BCUT2D eigenvalue weighted by atomic mass is 10.0. The molecule has 1 fully saturated rings. The molecule has 0 spiro atoms. The number of hydrogen-bond donors (Lipinski definition) is 1. The van der Waals surface area contributed by atoms with Crippen LogP contribution < -0.4 is 10.1 Å². The first-order valence-corrected chi connectivity index (χ1v) is 5.78. The first-order chi connectivity index (χ1) is 7.22. The molecule has 82 valence electrons. The molecule has 1 saturated heterocycles. The van der Waals surface area contributed by atoms with Gasteiger partial charge in [0.2, 0.25) is 0 Å². The zero-order valence-corrected chi connectivity index (χ0v) is 10.1. The van der Waals surface area contributed by atoms with E-state index in [4.69, 9.17) is 4.74 Å². The topological polar surface area (TPSA) is 21.3 Å². The minimum Gasteiger partial charge on any atom is -0.496 e. The van der Waals surface area contributed by atoms with Gasteiger partial charge in [0.25, 0.3) is 0 Å². The molecule has 0 aliphatic carbocycles. The van der Waals surface area contributed by atoms with Crippen molar-refractivity contribution in [3.63, 3.8) is 0 Å². The Balaban J connectivity index is 2.43. The van der Waals surface area contributed by atoms with E-state index in [1.54, 1.807) is 13.2 Å². The molecule has 1 heterocycles. The van der Waals surface area contributed by atoms with Gasteiger partial charge in [-0.05, 0) is 31.5 Å². The fourth-order valence-electron chi connectivity index (χ4n) is 2.00. The molecule has 1 N–H and O–H groups in total. The van der Waals surface area contributed by atoms with Gasteiger partial charge in [0, 0.05) is 16.1 Å². The highest BCUT2D eigenvalue weighted by atomic mass is 79.9. The third kappa shape index (κ3) is 2.16. The summed E-state index contributed by atoms with van der Waals surface area (Å²) in [5, 5.41) is 3.27. The van der Waals surface area contributed by atoms with Crippen molar-refractivity contribution >= 4 is 15.9 Å². The second-order valence-electron chi connectivity index (χ2n) is 3.65. The maximum atomic E-state index is 13.8. The van der Waals surface area contributed by atoms with Gasteiger partial charge in [-0.15, -0.1) is 0 Å². The Morgan fingerprint density at radius 1 is 1.53 bits per heavy atom. The van der Waals surface area contributed by atoms with Crippen LogP contribution >= 0.6 is 15.9 Å². The van der Waals surface area contributed by atoms with Gasteiger partial charge < -0.3 is 10.1 Å². The molecule has 1 aliphatic heterocycles. The van der Waals surface area contributed by atoms with E-state index in [9.17, 15) is 4.39 Å². The molecule has 0 aromatic heterocycles. The molecule has 4 heteroatoms. The molecule has 1 aromatic carbocycles. The van der Waals surface area contributed by atoms with E-state index in [-0.39, 0.29) is 11.9 Å². The smallest absolute Gasteiger partial charge is 0.132 e. The number of methoxy groups -OCH3 is 1. The number of nitrogens with one attached hydrogen (secondary N) is 1. The summed E-state index contributed by atoms with van der Waals surface area (Å²) >= 11 is 3.26. The quantitative estimate of drug-likeness (QED) is 0.895. The van der Waals surface area contributed by atoms with Gasteiger partial charge in [0.1, 0.15) is 11.6 Å². The van der Waals surface area contributed by atoms with Crippen molar-refractivity contribution in [3.8, 4) is 5.75 Å². The third-order valence-corrected chi connectivity index (χ3v) is 3.14. The summed E-state index contributed by atoms with van der Waals surface area (Å²) < 4.78 is 19.7. The Kier molecular flexibility index (Phi) is 3.26. The number of rotatable bonds is 2. The average Bonchev–Trinajstić information content (AvgIpc) is 2.69.